The summed E-state index contributed by atoms with van der Waals surface area (Å²) in [7, 11) is 1.41. The number of carbonyl (C=O) groups is 1. The molecule has 24 heavy (non-hydrogen) atoms. The van der Waals surface area contributed by atoms with Gasteiger partial charge in [-0.15, -0.1) is 0 Å². The molecule has 5 nitrogen and oxygen atoms in total. The predicted molar refractivity (Wildman–Crippen MR) is 96.6 cm³/mol. The van der Waals surface area contributed by atoms with E-state index in [1.807, 2.05) is 12.1 Å². The van der Waals surface area contributed by atoms with E-state index in [4.69, 9.17) is 5.53 Å². The number of nitrogens with zero attached hydrogens (tertiary/aromatic N) is 3. The number of aryl methyl sites for hydroxylation is 1. The zero-order valence-electron chi connectivity index (χ0n) is 15.1. The van der Waals surface area contributed by atoms with Gasteiger partial charge in [0, 0.05) is 11.3 Å². The van der Waals surface area contributed by atoms with Crippen LogP contribution in [0.1, 0.15) is 69.5 Å². The van der Waals surface area contributed by atoms with Crippen molar-refractivity contribution in [1.82, 2.24) is 0 Å². The maximum absolute atomic E-state index is 11.1. The van der Waals surface area contributed by atoms with Gasteiger partial charge in [-0.25, -0.2) is 0 Å². The highest BCUT2D eigenvalue weighted by molar-refractivity contribution is 5.69. The van der Waals surface area contributed by atoms with Gasteiger partial charge in [-0.2, -0.15) is 0 Å². The molecule has 1 unspecified atom stereocenters. The number of ether oxygens (including phenoxy) is 1. The van der Waals surface area contributed by atoms with Gasteiger partial charge in [0.25, 0.3) is 0 Å². The molecule has 1 rings (SSSR count). The average Bonchev–Trinajstić information content (AvgIpc) is 2.58. The average molecular weight is 331 g/mol. The molecule has 0 saturated heterocycles. The maximum Gasteiger partial charge on any atom is 0.305 e. The Morgan fingerprint density at radius 3 is 2.42 bits per heavy atom. The number of unbranched alkanes of at least 4 members (excludes halogenated alkanes) is 1. The van der Waals surface area contributed by atoms with E-state index in [1.54, 1.807) is 0 Å². The molecule has 0 spiro atoms. The second kappa shape index (κ2) is 11.5. The van der Waals surface area contributed by atoms with Crippen LogP contribution in [0.3, 0.4) is 0 Å². The fourth-order valence-electron chi connectivity index (χ4n) is 2.69. The summed E-state index contributed by atoms with van der Waals surface area (Å²) in [6, 6.07) is 8.09. The molecule has 0 aliphatic heterocycles. The normalized spacial score (nSPS) is 11.8. The van der Waals surface area contributed by atoms with Crippen LogP contribution >= 0.6 is 0 Å². The van der Waals surface area contributed by atoms with E-state index in [1.165, 1.54) is 25.5 Å². The Balaban J connectivity index is 2.52. The summed E-state index contributed by atoms with van der Waals surface area (Å²) in [5.41, 5.74) is 11.0. The van der Waals surface area contributed by atoms with Gasteiger partial charge in [-0.3, -0.25) is 4.79 Å². The van der Waals surface area contributed by atoms with Crippen LogP contribution in [0.2, 0.25) is 0 Å². The van der Waals surface area contributed by atoms with Gasteiger partial charge >= 0.3 is 5.97 Å². The van der Waals surface area contributed by atoms with Gasteiger partial charge in [-0.05, 0) is 41.8 Å². The molecule has 0 bridgehead atoms. The minimum atomic E-state index is -0.170. The molecule has 1 aromatic carbocycles. The summed E-state index contributed by atoms with van der Waals surface area (Å²) in [5, 5.41) is 3.96. The van der Waals surface area contributed by atoms with Crippen LogP contribution in [-0.2, 0) is 16.0 Å². The zero-order valence-corrected chi connectivity index (χ0v) is 15.1. The summed E-state index contributed by atoms with van der Waals surface area (Å²) in [5.74, 6) is 0.545. The van der Waals surface area contributed by atoms with Gasteiger partial charge in [0.2, 0.25) is 0 Å². The predicted octanol–water partition coefficient (Wildman–Crippen LogP) is 5.75. The SMILES string of the molecule is COC(=O)CCCc1ccc(C(CCCCC(C)C)N=[N+]=[N-])cc1. The topological polar surface area (TPSA) is 75.1 Å². The standard InChI is InChI=1S/C19H29N3O2/c1-15(2)7-4-5-9-18(21-22-20)17-13-11-16(12-14-17)8-6-10-19(23)24-3/h11-15,18H,4-10H2,1-3H3. The van der Waals surface area contributed by atoms with Crippen LogP contribution in [0, 0.1) is 5.92 Å². The second-order valence-electron chi connectivity index (χ2n) is 6.57. The lowest BCUT2D eigenvalue weighted by Crippen LogP contribution is -2.01. The number of benzene rings is 1. The molecule has 0 aromatic heterocycles. The van der Waals surface area contributed by atoms with Crippen LogP contribution in [0.15, 0.2) is 29.4 Å². The first-order valence-corrected chi connectivity index (χ1v) is 8.76. The van der Waals surface area contributed by atoms with Crippen molar-refractivity contribution in [3.63, 3.8) is 0 Å². The van der Waals surface area contributed by atoms with E-state index in [9.17, 15) is 4.79 Å². The first-order chi connectivity index (χ1) is 11.6. The van der Waals surface area contributed by atoms with Crippen LogP contribution in [0.4, 0.5) is 0 Å². The molecule has 5 heteroatoms. The Morgan fingerprint density at radius 2 is 1.83 bits per heavy atom. The molecule has 0 radical (unpaired) electrons. The third kappa shape index (κ3) is 8.02. The summed E-state index contributed by atoms with van der Waals surface area (Å²) >= 11 is 0. The van der Waals surface area contributed by atoms with E-state index in [-0.39, 0.29) is 12.0 Å². The second-order valence-corrected chi connectivity index (χ2v) is 6.57. The van der Waals surface area contributed by atoms with E-state index < -0.39 is 0 Å². The smallest absolute Gasteiger partial charge is 0.305 e. The van der Waals surface area contributed by atoms with Crippen molar-refractivity contribution in [1.29, 1.82) is 0 Å². The van der Waals surface area contributed by atoms with Gasteiger partial charge in [0.1, 0.15) is 0 Å². The Morgan fingerprint density at radius 1 is 1.17 bits per heavy atom. The minimum Gasteiger partial charge on any atom is -0.469 e. The van der Waals surface area contributed by atoms with Gasteiger partial charge in [-0.1, -0.05) is 62.5 Å². The number of rotatable bonds is 11. The summed E-state index contributed by atoms with van der Waals surface area (Å²) in [4.78, 5) is 14.1. The molecule has 0 fully saturated rings. The Kier molecular flexibility index (Phi) is 9.62. The molecule has 0 saturated carbocycles. The van der Waals surface area contributed by atoms with Crippen molar-refractivity contribution in [3.8, 4) is 0 Å². The number of hydrogen-bond acceptors (Lipinski definition) is 3. The van der Waals surface area contributed by atoms with E-state index in [2.05, 4.69) is 40.7 Å². The molecular weight excluding hydrogens is 302 g/mol. The monoisotopic (exact) mass is 331 g/mol. The lowest BCUT2D eigenvalue weighted by atomic mass is 9.97. The summed E-state index contributed by atoms with van der Waals surface area (Å²) < 4.78 is 4.64. The lowest BCUT2D eigenvalue weighted by Gasteiger charge is -2.13. The Bertz CT molecular complexity index is 534. The molecule has 0 heterocycles. The molecule has 0 aliphatic rings. The van der Waals surface area contributed by atoms with Gasteiger partial charge in [0.05, 0.1) is 13.2 Å². The van der Waals surface area contributed by atoms with Crippen molar-refractivity contribution >= 4 is 5.97 Å². The molecule has 0 amide bonds. The quantitative estimate of drug-likeness (QED) is 0.170. The van der Waals surface area contributed by atoms with Gasteiger partial charge in [0.15, 0.2) is 0 Å². The van der Waals surface area contributed by atoms with Crippen molar-refractivity contribution < 1.29 is 9.53 Å². The van der Waals surface area contributed by atoms with Gasteiger partial charge < -0.3 is 4.74 Å². The van der Waals surface area contributed by atoms with E-state index >= 15 is 0 Å². The van der Waals surface area contributed by atoms with Crippen molar-refractivity contribution in [2.24, 2.45) is 11.0 Å². The van der Waals surface area contributed by atoms with Crippen molar-refractivity contribution in [3.05, 3.63) is 45.8 Å². The number of hydrogen-bond donors (Lipinski definition) is 0. The minimum absolute atomic E-state index is 0.0914. The van der Waals surface area contributed by atoms with Crippen LogP contribution in [0.5, 0.6) is 0 Å². The first-order valence-electron chi connectivity index (χ1n) is 8.76. The van der Waals surface area contributed by atoms with Crippen molar-refractivity contribution in [2.75, 3.05) is 7.11 Å². The molecule has 132 valence electrons. The van der Waals surface area contributed by atoms with Crippen molar-refractivity contribution in [2.45, 2.75) is 64.8 Å². The lowest BCUT2D eigenvalue weighted by molar-refractivity contribution is -0.140. The number of esters is 1. The number of methoxy groups -OCH3 is 1. The Labute approximate surface area is 145 Å². The third-order valence-electron chi connectivity index (χ3n) is 4.14. The third-order valence-corrected chi connectivity index (χ3v) is 4.14. The highest BCUT2D eigenvalue weighted by Gasteiger charge is 2.10. The number of azide groups is 1. The fourth-order valence-corrected chi connectivity index (χ4v) is 2.69. The molecule has 0 N–H and O–H groups in total. The number of carbonyl (C=O) groups excluding carboxylic acids is 1. The van der Waals surface area contributed by atoms with E-state index in [0.29, 0.717) is 12.3 Å². The first kappa shape index (κ1) is 20.0. The largest absolute Gasteiger partial charge is 0.469 e. The van der Waals surface area contributed by atoms with Crippen LogP contribution in [0.25, 0.3) is 10.4 Å². The van der Waals surface area contributed by atoms with Crippen LogP contribution in [-0.4, -0.2) is 13.1 Å². The molecule has 1 aromatic rings. The highest BCUT2D eigenvalue weighted by Crippen LogP contribution is 2.25. The Hall–Kier alpha value is -2.00. The summed E-state index contributed by atoms with van der Waals surface area (Å²) in [6.07, 6.45) is 6.40. The summed E-state index contributed by atoms with van der Waals surface area (Å²) in [6.45, 7) is 4.45. The molecule has 1 atom stereocenters. The fraction of sp³-hybridized carbons (Fsp3) is 0.632. The van der Waals surface area contributed by atoms with E-state index in [0.717, 1.165) is 31.2 Å². The molecular formula is C19H29N3O2. The maximum atomic E-state index is 11.1. The highest BCUT2D eigenvalue weighted by atomic mass is 16.5. The molecule has 0 aliphatic carbocycles. The zero-order chi connectivity index (χ0) is 17.8. The van der Waals surface area contributed by atoms with Crippen LogP contribution < -0.4 is 0 Å².